The fraction of sp³-hybridized carbons (Fsp3) is 0.364. The van der Waals surface area contributed by atoms with E-state index in [2.05, 4.69) is 5.32 Å². The van der Waals surface area contributed by atoms with Crippen molar-refractivity contribution in [3.63, 3.8) is 0 Å². The Balaban J connectivity index is 3.17. The third-order valence-electron chi connectivity index (χ3n) is 2.56. The van der Waals surface area contributed by atoms with Gasteiger partial charge in [-0.25, -0.2) is 0 Å². The SMILES string of the molecule is CCN(CC(=O)NC)c1cccc(N)c1[N+](=O)[O-]. The summed E-state index contributed by atoms with van der Waals surface area (Å²) in [6.07, 6.45) is 0. The molecule has 0 aromatic heterocycles. The van der Waals surface area contributed by atoms with Crippen LogP contribution in [0.25, 0.3) is 0 Å². The highest BCUT2D eigenvalue weighted by molar-refractivity contribution is 5.84. The lowest BCUT2D eigenvalue weighted by molar-refractivity contribution is -0.383. The summed E-state index contributed by atoms with van der Waals surface area (Å²) in [5, 5.41) is 13.5. The van der Waals surface area contributed by atoms with Crippen LogP contribution >= 0.6 is 0 Å². The van der Waals surface area contributed by atoms with E-state index in [9.17, 15) is 14.9 Å². The van der Waals surface area contributed by atoms with Gasteiger partial charge in [-0.15, -0.1) is 0 Å². The summed E-state index contributed by atoms with van der Waals surface area (Å²) in [6, 6.07) is 4.68. The molecule has 0 saturated heterocycles. The van der Waals surface area contributed by atoms with Crippen molar-refractivity contribution in [2.45, 2.75) is 6.92 Å². The number of likely N-dealkylation sites (N-methyl/N-ethyl adjacent to an activating group) is 2. The molecule has 0 unspecified atom stereocenters. The van der Waals surface area contributed by atoms with Crippen molar-refractivity contribution in [2.75, 3.05) is 30.8 Å². The molecule has 0 saturated carbocycles. The Bertz CT molecular complexity index is 462. The van der Waals surface area contributed by atoms with Crippen molar-refractivity contribution in [2.24, 2.45) is 0 Å². The first kappa shape index (κ1) is 13.8. The van der Waals surface area contributed by atoms with Crippen LogP contribution < -0.4 is 16.0 Å². The molecule has 0 aliphatic rings. The minimum Gasteiger partial charge on any atom is -0.393 e. The molecule has 0 aliphatic heterocycles. The van der Waals surface area contributed by atoms with Crippen molar-refractivity contribution in [3.05, 3.63) is 28.3 Å². The average molecular weight is 252 g/mol. The van der Waals surface area contributed by atoms with Crippen LogP contribution in [0.4, 0.5) is 17.1 Å². The van der Waals surface area contributed by atoms with E-state index in [1.165, 1.54) is 13.1 Å². The molecular weight excluding hydrogens is 236 g/mol. The average Bonchev–Trinajstić information content (AvgIpc) is 2.34. The summed E-state index contributed by atoms with van der Waals surface area (Å²) in [4.78, 5) is 23.5. The summed E-state index contributed by atoms with van der Waals surface area (Å²) in [6.45, 7) is 2.34. The molecule has 98 valence electrons. The Labute approximate surface area is 105 Å². The van der Waals surface area contributed by atoms with Gasteiger partial charge in [0.15, 0.2) is 0 Å². The van der Waals surface area contributed by atoms with E-state index in [0.29, 0.717) is 12.2 Å². The number of nitro benzene ring substituents is 1. The summed E-state index contributed by atoms with van der Waals surface area (Å²) >= 11 is 0. The Morgan fingerprint density at radius 2 is 2.22 bits per heavy atom. The lowest BCUT2D eigenvalue weighted by Gasteiger charge is -2.22. The predicted molar refractivity (Wildman–Crippen MR) is 69.5 cm³/mol. The maximum atomic E-state index is 11.4. The van der Waals surface area contributed by atoms with Crippen LogP contribution in [0.5, 0.6) is 0 Å². The van der Waals surface area contributed by atoms with Gasteiger partial charge in [0.25, 0.3) is 0 Å². The second-order valence-corrected chi connectivity index (χ2v) is 3.66. The van der Waals surface area contributed by atoms with Gasteiger partial charge in [0.1, 0.15) is 11.4 Å². The first-order valence-corrected chi connectivity index (χ1v) is 5.49. The number of nitro groups is 1. The number of nitrogen functional groups attached to an aromatic ring is 1. The number of nitrogens with zero attached hydrogens (tertiary/aromatic N) is 2. The number of amides is 1. The number of carbonyl (C=O) groups is 1. The van der Waals surface area contributed by atoms with Gasteiger partial charge in [-0.1, -0.05) is 6.07 Å². The van der Waals surface area contributed by atoms with Crippen molar-refractivity contribution < 1.29 is 9.72 Å². The van der Waals surface area contributed by atoms with Crippen molar-refractivity contribution in [1.29, 1.82) is 0 Å². The molecular formula is C11H16N4O3. The molecule has 1 aromatic carbocycles. The molecule has 0 heterocycles. The third kappa shape index (κ3) is 2.88. The Hall–Kier alpha value is -2.31. The van der Waals surface area contributed by atoms with Crippen LogP contribution in [0.2, 0.25) is 0 Å². The number of benzene rings is 1. The Morgan fingerprint density at radius 1 is 1.56 bits per heavy atom. The van der Waals surface area contributed by atoms with Gasteiger partial charge < -0.3 is 16.0 Å². The lowest BCUT2D eigenvalue weighted by Crippen LogP contribution is -2.35. The number of rotatable bonds is 5. The summed E-state index contributed by atoms with van der Waals surface area (Å²) < 4.78 is 0. The molecule has 1 rings (SSSR count). The van der Waals surface area contributed by atoms with Crippen LogP contribution in [0.15, 0.2) is 18.2 Å². The van der Waals surface area contributed by atoms with Crippen LogP contribution in [-0.2, 0) is 4.79 Å². The number of hydrogen-bond acceptors (Lipinski definition) is 5. The van der Waals surface area contributed by atoms with Gasteiger partial charge in [0, 0.05) is 13.6 Å². The topological polar surface area (TPSA) is 102 Å². The van der Waals surface area contributed by atoms with Crippen molar-refractivity contribution in [1.82, 2.24) is 5.32 Å². The Kier molecular flexibility index (Phi) is 4.47. The molecule has 1 amide bonds. The summed E-state index contributed by atoms with van der Waals surface area (Å²) in [5.41, 5.74) is 5.89. The molecule has 0 spiro atoms. The van der Waals surface area contributed by atoms with Gasteiger partial charge in [-0.2, -0.15) is 0 Å². The van der Waals surface area contributed by atoms with Crippen LogP contribution in [0.3, 0.4) is 0 Å². The summed E-state index contributed by atoms with van der Waals surface area (Å²) in [5.74, 6) is -0.214. The zero-order chi connectivity index (χ0) is 13.7. The first-order valence-electron chi connectivity index (χ1n) is 5.49. The zero-order valence-electron chi connectivity index (χ0n) is 10.3. The van der Waals surface area contributed by atoms with Crippen LogP contribution in [0, 0.1) is 10.1 Å². The highest BCUT2D eigenvalue weighted by Crippen LogP contribution is 2.33. The van der Waals surface area contributed by atoms with E-state index >= 15 is 0 Å². The van der Waals surface area contributed by atoms with E-state index in [-0.39, 0.29) is 23.8 Å². The van der Waals surface area contributed by atoms with Gasteiger partial charge in [0.2, 0.25) is 5.91 Å². The van der Waals surface area contributed by atoms with Crippen molar-refractivity contribution >= 4 is 23.0 Å². The largest absolute Gasteiger partial charge is 0.393 e. The fourth-order valence-electron chi connectivity index (χ4n) is 1.62. The molecule has 1 aromatic rings. The van der Waals surface area contributed by atoms with Gasteiger partial charge >= 0.3 is 5.69 Å². The second-order valence-electron chi connectivity index (χ2n) is 3.66. The van der Waals surface area contributed by atoms with Gasteiger partial charge in [-0.05, 0) is 19.1 Å². The number of para-hydroxylation sites is 1. The number of nitrogens with one attached hydrogen (secondary N) is 1. The molecule has 0 aliphatic carbocycles. The standard InChI is InChI=1S/C11H16N4O3/c1-3-14(7-10(16)13-2)9-6-4-5-8(12)11(9)15(17)18/h4-6H,3,7,12H2,1-2H3,(H,13,16). The number of carbonyl (C=O) groups excluding carboxylic acids is 1. The Morgan fingerprint density at radius 3 is 2.72 bits per heavy atom. The predicted octanol–water partition coefficient (Wildman–Crippen LogP) is 0.749. The second kappa shape index (κ2) is 5.85. The van der Waals surface area contributed by atoms with Gasteiger partial charge in [0.05, 0.1) is 11.5 Å². The molecule has 0 radical (unpaired) electrons. The van der Waals surface area contributed by atoms with E-state index in [1.807, 2.05) is 6.92 Å². The smallest absolute Gasteiger partial charge is 0.315 e. The molecule has 0 bridgehead atoms. The van der Waals surface area contributed by atoms with E-state index in [4.69, 9.17) is 5.73 Å². The third-order valence-corrected chi connectivity index (χ3v) is 2.56. The summed E-state index contributed by atoms with van der Waals surface area (Å²) in [7, 11) is 1.52. The zero-order valence-corrected chi connectivity index (χ0v) is 10.3. The fourth-order valence-corrected chi connectivity index (χ4v) is 1.62. The highest BCUT2D eigenvalue weighted by atomic mass is 16.6. The molecule has 3 N–H and O–H groups in total. The van der Waals surface area contributed by atoms with Crippen LogP contribution in [-0.4, -0.2) is 31.0 Å². The van der Waals surface area contributed by atoms with Crippen molar-refractivity contribution in [3.8, 4) is 0 Å². The quantitative estimate of drug-likeness (QED) is 0.457. The van der Waals surface area contributed by atoms with Crippen LogP contribution in [0.1, 0.15) is 6.92 Å². The minimum atomic E-state index is -0.531. The number of hydrogen-bond donors (Lipinski definition) is 2. The molecule has 7 heteroatoms. The maximum absolute atomic E-state index is 11.4. The van der Waals surface area contributed by atoms with Gasteiger partial charge in [-0.3, -0.25) is 14.9 Å². The maximum Gasteiger partial charge on any atom is 0.315 e. The molecule has 0 fully saturated rings. The highest BCUT2D eigenvalue weighted by Gasteiger charge is 2.22. The molecule has 0 atom stereocenters. The minimum absolute atomic E-state index is 0.0529. The molecule has 18 heavy (non-hydrogen) atoms. The first-order chi connectivity index (χ1) is 8.51. The monoisotopic (exact) mass is 252 g/mol. The van der Waals surface area contributed by atoms with E-state index in [1.54, 1.807) is 17.0 Å². The number of anilines is 2. The lowest BCUT2D eigenvalue weighted by atomic mass is 10.2. The normalized spacial score (nSPS) is 9.89. The number of nitrogens with two attached hydrogens (primary N) is 1. The molecule has 7 nitrogen and oxygen atoms in total. The van der Waals surface area contributed by atoms with E-state index < -0.39 is 4.92 Å². The van der Waals surface area contributed by atoms with E-state index in [0.717, 1.165) is 0 Å².